The average molecular weight is 513 g/mol. The van der Waals surface area contributed by atoms with E-state index in [-0.39, 0.29) is 60.3 Å². The second-order valence-electron chi connectivity index (χ2n) is 10.2. The van der Waals surface area contributed by atoms with Crippen LogP contribution in [-0.4, -0.2) is 70.9 Å². The van der Waals surface area contributed by atoms with Crippen molar-refractivity contribution < 1.29 is 27.3 Å². The van der Waals surface area contributed by atoms with Gasteiger partial charge in [0.15, 0.2) is 5.69 Å². The van der Waals surface area contributed by atoms with Crippen molar-refractivity contribution in [2.24, 2.45) is 0 Å². The van der Waals surface area contributed by atoms with Crippen LogP contribution in [0.5, 0.6) is 0 Å². The Hall–Kier alpha value is -3.05. The number of fused-ring (bicyclic) bond motifs is 3. The summed E-state index contributed by atoms with van der Waals surface area (Å²) in [4.78, 5) is 38.9. The summed E-state index contributed by atoms with van der Waals surface area (Å²) in [6.45, 7) is 0.0635. The Labute approximate surface area is 209 Å². The topological polar surface area (TPSA) is 130 Å². The molecule has 1 aliphatic carbocycles. The van der Waals surface area contributed by atoms with Gasteiger partial charge in [0.05, 0.1) is 16.9 Å². The first-order valence-corrected chi connectivity index (χ1v) is 14.2. The van der Waals surface area contributed by atoms with Gasteiger partial charge in [-0.2, -0.15) is 4.31 Å². The Morgan fingerprint density at radius 2 is 1.67 bits per heavy atom. The van der Waals surface area contributed by atoms with Crippen LogP contribution in [0.15, 0.2) is 34.9 Å². The summed E-state index contributed by atoms with van der Waals surface area (Å²) < 4.78 is 33.4. The highest BCUT2D eigenvalue weighted by Gasteiger charge is 2.47. The lowest BCUT2D eigenvalue weighted by Crippen LogP contribution is -2.53. The molecule has 0 spiro atoms. The van der Waals surface area contributed by atoms with Gasteiger partial charge in [0, 0.05) is 36.7 Å². The lowest BCUT2D eigenvalue weighted by Gasteiger charge is -2.38. The van der Waals surface area contributed by atoms with E-state index in [0.717, 1.165) is 36.3 Å². The lowest BCUT2D eigenvalue weighted by atomic mass is 9.99. The number of amides is 3. The number of benzene rings is 1. The van der Waals surface area contributed by atoms with Crippen molar-refractivity contribution in [2.75, 3.05) is 12.3 Å². The summed E-state index contributed by atoms with van der Waals surface area (Å²) in [6.07, 6.45) is 4.91. The Morgan fingerprint density at radius 1 is 1.03 bits per heavy atom. The molecule has 2 bridgehead atoms. The molecule has 2 aromatic rings. The quantitative estimate of drug-likeness (QED) is 0.537. The number of hydrogen-bond donors (Lipinski definition) is 1. The first kappa shape index (κ1) is 23.4. The molecule has 3 aliphatic heterocycles. The second-order valence-corrected chi connectivity index (χ2v) is 12.2. The van der Waals surface area contributed by atoms with Gasteiger partial charge in [-0.1, -0.05) is 17.3 Å². The van der Waals surface area contributed by atoms with E-state index in [4.69, 9.17) is 4.52 Å². The van der Waals surface area contributed by atoms with Gasteiger partial charge < -0.3 is 9.84 Å². The zero-order valence-electron chi connectivity index (χ0n) is 19.8. The molecule has 1 aromatic heterocycles. The number of carbonyl (C=O) groups is 3. The fourth-order valence-corrected chi connectivity index (χ4v) is 7.87. The SMILES string of the molecule is O=C(NC1C[C@H]2CC[C@@H](C1)N2S(=O)(=O)CCCN1C(=O)c2ccccc2C1=O)c1cc(C2CC2)on1. The van der Waals surface area contributed by atoms with E-state index < -0.39 is 10.0 Å². The highest BCUT2D eigenvalue weighted by atomic mass is 32.2. The van der Waals surface area contributed by atoms with Crippen molar-refractivity contribution in [3.63, 3.8) is 0 Å². The number of sulfonamides is 1. The summed E-state index contributed by atoms with van der Waals surface area (Å²) in [5.41, 5.74) is 0.997. The standard InChI is InChI=1S/C25H28N4O6S/c30-23(21-14-22(35-27-21)15-6-7-15)26-16-12-17-8-9-18(13-16)29(17)36(33,34)11-3-10-28-24(31)19-4-1-2-5-20(19)25(28)32/h1-2,4-5,14-18H,3,6-13H2,(H,26,30)/t16?,17-,18+. The Balaban J connectivity index is 1.04. The maximum Gasteiger partial charge on any atom is 0.273 e. The lowest BCUT2D eigenvalue weighted by molar-refractivity contribution is 0.0653. The van der Waals surface area contributed by atoms with Crippen LogP contribution in [0.25, 0.3) is 0 Å². The number of aromatic nitrogens is 1. The molecule has 2 saturated heterocycles. The largest absolute Gasteiger partial charge is 0.360 e. The Kier molecular flexibility index (Phi) is 5.71. The number of nitrogens with zero attached hydrogens (tertiary/aromatic N) is 3. The van der Waals surface area contributed by atoms with Crippen molar-refractivity contribution in [3.8, 4) is 0 Å². The molecule has 1 unspecified atom stereocenters. The van der Waals surface area contributed by atoms with Crippen molar-refractivity contribution in [1.29, 1.82) is 0 Å². The van der Waals surface area contributed by atoms with Crippen LogP contribution in [0, 0.1) is 0 Å². The molecular formula is C25H28N4O6S. The van der Waals surface area contributed by atoms with E-state index in [1.54, 1.807) is 34.6 Å². The average Bonchev–Trinajstić information content (AvgIpc) is 3.44. The van der Waals surface area contributed by atoms with E-state index in [9.17, 15) is 22.8 Å². The third kappa shape index (κ3) is 4.13. The molecule has 1 aromatic carbocycles. The van der Waals surface area contributed by atoms with Gasteiger partial charge in [-0.15, -0.1) is 0 Å². The first-order chi connectivity index (χ1) is 17.3. The molecule has 6 rings (SSSR count). The summed E-state index contributed by atoms with van der Waals surface area (Å²) >= 11 is 0. The van der Waals surface area contributed by atoms with Crippen LogP contribution in [-0.2, 0) is 10.0 Å². The van der Waals surface area contributed by atoms with Gasteiger partial charge in [-0.05, 0) is 57.1 Å². The number of carbonyl (C=O) groups excluding carboxylic acids is 3. The molecule has 3 amide bonds. The monoisotopic (exact) mass is 512 g/mol. The molecule has 4 aliphatic rings. The van der Waals surface area contributed by atoms with E-state index in [1.807, 2.05) is 0 Å². The Morgan fingerprint density at radius 3 is 2.28 bits per heavy atom. The zero-order valence-corrected chi connectivity index (χ0v) is 20.6. The van der Waals surface area contributed by atoms with E-state index >= 15 is 0 Å². The van der Waals surface area contributed by atoms with E-state index in [0.29, 0.717) is 29.9 Å². The first-order valence-electron chi connectivity index (χ1n) is 12.6. The third-order valence-electron chi connectivity index (χ3n) is 7.73. The molecule has 1 N–H and O–H groups in total. The zero-order chi connectivity index (χ0) is 25.0. The molecular weight excluding hydrogens is 484 g/mol. The van der Waals surface area contributed by atoms with Crippen molar-refractivity contribution in [1.82, 2.24) is 19.7 Å². The molecule has 3 fully saturated rings. The number of hydrogen-bond acceptors (Lipinski definition) is 7. The van der Waals surface area contributed by atoms with Crippen LogP contribution < -0.4 is 5.32 Å². The summed E-state index contributed by atoms with van der Waals surface area (Å²) in [5.74, 6) is -0.0372. The third-order valence-corrected chi connectivity index (χ3v) is 9.77. The smallest absolute Gasteiger partial charge is 0.273 e. The van der Waals surface area contributed by atoms with Gasteiger partial charge >= 0.3 is 0 Å². The van der Waals surface area contributed by atoms with E-state index in [1.165, 1.54) is 0 Å². The normalized spacial score (nSPS) is 25.9. The van der Waals surface area contributed by atoms with Gasteiger partial charge in [0.2, 0.25) is 10.0 Å². The number of nitrogens with one attached hydrogen (secondary N) is 1. The maximum atomic E-state index is 13.3. The fraction of sp³-hybridized carbons (Fsp3) is 0.520. The van der Waals surface area contributed by atoms with Crippen LogP contribution in [0.3, 0.4) is 0 Å². The summed E-state index contributed by atoms with van der Waals surface area (Å²) in [6, 6.07) is 7.88. The van der Waals surface area contributed by atoms with Gasteiger partial charge in [-0.25, -0.2) is 8.42 Å². The molecule has 0 radical (unpaired) electrons. The predicted octanol–water partition coefficient (Wildman–Crippen LogP) is 2.29. The van der Waals surface area contributed by atoms with Crippen molar-refractivity contribution in [2.45, 2.75) is 69.0 Å². The molecule has 4 heterocycles. The molecule has 11 heteroatoms. The van der Waals surface area contributed by atoms with Crippen molar-refractivity contribution >= 4 is 27.7 Å². The van der Waals surface area contributed by atoms with E-state index in [2.05, 4.69) is 10.5 Å². The number of imide groups is 1. The highest BCUT2D eigenvalue weighted by Crippen LogP contribution is 2.40. The molecule has 190 valence electrons. The summed E-state index contributed by atoms with van der Waals surface area (Å²) in [7, 11) is -3.57. The molecule has 1 saturated carbocycles. The van der Waals surface area contributed by atoms with Gasteiger partial charge in [-0.3, -0.25) is 19.3 Å². The Bertz CT molecular complexity index is 1280. The van der Waals surface area contributed by atoms with Crippen LogP contribution in [0.4, 0.5) is 0 Å². The second kappa shape index (κ2) is 8.81. The van der Waals surface area contributed by atoms with Crippen LogP contribution >= 0.6 is 0 Å². The number of rotatable bonds is 8. The minimum absolute atomic E-state index is 0.0635. The van der Waals surface area contributed by atoms with Crippen LogP contribution in [0.1, 0.15) is 87.8 Å². The highest BCUT2D eigenvalue weighted by molar-refractivity contribution is 7.89. The van der Waals surface area contributed by atoms with Crippen LogP contribution in [0.2, 0.25) is 0 Å². The maximum absolute atomic E-state index is 13.3. The minimum atomic E-state index is -3.57. The molecule has 36 heavy (non-hydrogen) atoms. The fourth-order valence-electron chi connectivity index (χ4n) is 5.87. The molecule has 3 atom stereocenters. The molecule has 10 nitrogen and oxygen atoms in total. The number of piperidine rings is 1. The van der Waals surface area contributed by atoms with Gasteiger partial charge in [0.25, 0.3) is 17.7 Å². The van der Waals surface area contributed by atoms with Gasteiger partial charge in [0.1, 0.15) is 5.76 Å². The minimum Gasteiger partial charge on any atom is -0.360 e. The summed E-state index contributed by atoms with van der Waals surface area (Å²) in [5, 5.41) is 6.91. The predicted molar refractivity (Wildman–Crippen MR) is 128 cm³/mol. The van der Waals surface area contributed by atoms with Crippen molar-refractivity contribution in [3.05, 3.63) is 52.9 Å².